The Labute approximate surface area is 139 Å². The molecule has 2 aromatic carbocycles. The fourth-order valence-corrected chi connectivity index (χ4v) is 2.10. The lowest BCUT2D eigenvalue weighted by Crippen LogP contribution is -2.05. The molecule has 0 aromatic heterocycles. The van der Waals surface area contributed by atoms with Crippen molar-refractivity contribution in [2.75, 3.05) is 5.43 Å². The summed E-state index contributed by atoms with van der Waals surface area (Å²) in [5.41, 5.74) is 2.18. The summed E-state index contributed by atoms with van der Waals surface area (Å²) in [6, 6.07) is 7.86. The third-order valence-corrected chi connectivity index (χ3v) is 3.83. The molecule has 0 fully saturated rings. The summed E-state index contributed by atoms with van der Waals surface area (Å²) in [6.45, 7) is 0. The van der Waals surface area contributed by atoms with Gasteiger partial charge in [-0.05, 0) is 24.3 Å². The fourth-order valence-electron chi connectivity index (χ4n) is 1.58. The highest BCUT2D eigenvalue weighted by Gasteiger charge is 2.30. The van der Waals surface area contributed by atoms with Gasteiger partial charge in [-0.3, -0.25) is 5.43 Å². The summed E-state index contributed by atoms with van der Waals surface area (Å²) in [7, 11) is 0. The van der Waals surface area contributed by atoms with Crippen LogP contribution in [0.4, 0.5) is 18.9 Å². The van der Waals surface area contributed by atoms with Gasteiger partial charge < -0.3 is 0 Å². The van der Waals surface area contributed by atoms with Crippen LogP contribution in [0.2, 0.25) is 15.1 Å². The van der Waals surface area contributed by atoms with Crippen molar-refractivity contribution >= 4 is 46.7 Å². The van der Waals surface area contributed by atoms with E-state index in [-0.39, 0.29) is 10.7 Å². The maximum Gasteiger partial charge on any atom is 0.416 e. The Kier molecular flexibility index (Phi) is 5.21. The maximum atomic E-state index is 12.6. The van der Waals surface area contributed by atoms with E-state index in [1.54, 1.807) is 18.2 Å². The number of hydrogen-bond donors (Lipinski definition) is 1. The Balaban J connectivity index is 2.21. The second-order valence-electron chi connectivity index (χ2n) is 4.21. The van der Waals surface area contributed by atoms with E-state index < -0.39 is 11.7 Å². The number of nitrogens with zero attached hydrogens (tertiary/aromatic N) is 1. The van der Waals surface area contributed by atoms with Gasteiger partial charge in [0.25, 0.3) is 0 Å². The van der Waals surface area contributed by atoms with Crippen LogP contribution in [0.25, 0.3) is 0 Å². The highest BCUT2D eigenvalue weighted by atomic mass is 35.5. The smallest absolute Gasteiger partial charge is 0.277 e. The summed E-state index contributed by atoms with van der Waals surface area (Å²) in [5, 5.41) is 4.59. The minimum absolute atomic E-state index is 0.0332. The van der Waals surface area contributed by atoms with Crippen LogP contribution in [0.1, 0.15) is 11.1 Å². The van der Waals surface area contributed by atoms with Gasteiger partial charge in [-0.25, -0.2) is 0 Å². The van der Waals surface area contributed by atoms with E-state index >= 15 is 0 Å². The largest absolute Gasteiger partial charge is 0.416 e. The van der Waals surface area contributed by atoms with Crippen molar-refractivity contribution in [1.82, 2.24) is 0 Å². The van der Waals surface area contributed by atoms with Crippen LogP contribution in [0.3, 0.4) is 0 Å². The first-order valence-electron chi connectivity index (χ1n) is 5.89. The van der Waals surface area contributed by atoms with Crippen molar-refractivity contribution < 1.29 is 13.2 Å². The van der Waals surface area contributed by atoms with Crippen molar-refractivity contribution in [3.63, 3.8) is 0 Å². The van der Waals surface area contributed by atoms with Gasteiger partial charge in [0.15, 0.2) is 0 Å². The average Bonchev–Trinajstić information content (AvgIpc) is 2.44. The molecule has 0 radical (unpaired) electrons. The number of hydrogen-bond acceptors (Lipinski definition) is 2. The van der Waals surface area contributed by atoms with E-state index in [4.69, 9.17) is 34.8 Å². The van der Waals surface area contributed by atoms with Crippen molar-refractivity contribution in [3.05, 3.63) is 62.6 Å². The molecular weight excluding hydrogens is 360 g/mol. The van der Waals surface area contributed by atoms with Crippen LogP contribution in [0.15, 0.2) is 41.5 Å². The van der Waals surface area contributed by atoms with Crippen LogP contribution in [0.5, 0.6) is 0 Å². The maximum absolute atomic E-state index is 12.6. The van der Waals surface area contributed by atoms with Gasteiger partial charge in [0.05, 0.1) is 32.5 Å². The third kappa shape index (κ3) is 4.06. The zero-order valence-corrected chi connectivity index (χ0v) is 13.0. The standard InChI is InChI=1S/C14H8Cl3F3N2/c15-10-5-4-9(14(18,19)20)6-12(10)22-21-7-8-2-1-3-11(16)13(8)17/h1-7,22H/b21-7+. The SMILES string of the molecule is FC(F)(F)c1ccc(Cl)c(N/N=C/c2cccc(Cl)c2Cl)c1. The summed E-state index contributed by atoms with van der Waals surface area (Å²) in [4.78, 5) is 0. The first kappa shape index (κ1) is 16.9. The van der Waals surface area contributed by atoms with Crippen molar-refractivity contribution in [3.8, 4) is 0 Å². The van der Waals surface area contributed by atoms with Crippen LogP contribution in [0, 0.1) is 0 Å². The van der Waals surface area contributed by atoms with Crippen LogP contribution in [-0.2, 0) is 6.18 Å². The van der Waals surface area contributed by atoms with Crippen LogP contribution in [-0.4, -0.2) is 6.21 Å². The zero-order chi connectivity index (χ0) is 16.3. The molecule has 0 unspecified atom stereocenters. The summed E-state index contributed by atoms with van der Waals surface area (Å²) in [5.74, 6) is 0. The first-order chi connectivity index (χ1) is 10.3. The Morgan fingerprint density at radius 1 is 1.00 bits per heavy atom. The topological polar surface area (TPSA) is 24.4 Å². The van der Waals surface area contributed by atoms with E-state index in [0.29, 0.717) is 15.6 Å². The lowest BCUT2D eigenvalue weighted by Gasteiger charge is -2.09. The molecule has 0 saturated heterocycles. The number of anilines is 1. The molecule has 0 atom stereocenters. The highest BCUT2D eigenvalue weighted by molar-refractivity contribution is 6.43. The number of nitrogens with one attached hydrogen (secondary N) is 1. The summed E-state index contributed by atoms with van der Waals surface area (Å²) in [6.07, 6.45) is -3.12. The Hall–Kier alpha value is -1.43. The quantitative estimate of drug-likeness (QED) is 0.513. The van der Waals surface area contributed by atoms with Gasteiger partial charge in [-0.2, -0.15) is 18.3 Å². The Morgan fingerprint density at radius 3 is 2.41 bits per heavy atom. The fraction of sp³-hybridized carbons (Fsp3) is 0.0714. The predicted octanol–water partition coefficient (Wildman–Crippen LogP) is 6.11. The molecule has 2 rings (SSSR count). The van der Waals surface area contributed by atoms with E-state index in [0.717, 1.165) is 18.2 Å². The molecule has 0 bridgehead atoms. The molecular formula is C14H8Cl3F3N2. The van der Waals surface area contributed by atoms with E-state index in [2.05, 4.69) is 10.5 Å². The van der Waals surface area contributed by atoms with Gasteiger partial charge >= 0.3 is 6.18 Å². The predicted molar refractivity (Wildman–Crippen MR) is 84.1 cm³/mol. The number of halogens is 6. The molecule has 2 aromatic rings. The summed E-state index contributed by atoms with van der Waals surface area (Å²) >= 11 is 17.6. The lowest BCUT2D eigenvalue weighted by molar-refractivity contribution is -0.137. The number of alkyl halides is 3. The minimum Gasteiger partial charge on any atom is -0.277 e. The molecule has 0 aliphatic rings. The first-order valence-corrected chi connectivity index (χ1v) is 7.02. The average molecular weight is 368 g/mol. The summed E-state index contributed by atoms with van der Waals surface area (Å²) < 4.78 is 37.9. The monoisotopic (exact) mass is 366 g/mol. The van der Waals surface area contributed by atoms with Gasteiger partial charge in [0.2, 0.25) is 0 Å². The van der Waals surface area contributed by atoms with Gasteiger partial charge in [-0.1, -0.05) is 46.9 Å². The Bertz CT molecular complexity index is 715. The molecule has 2 nitrogen and oxygen atoms in total. The highest BCUT2D eigenvalue weighted by Crippen LogP contribution is 2.33. The van der Waals surface area contributed by atoms with Crippen LogP contribution < -0.4 is 5.43 Å². The van der Waals surface area contributed by atoms with Crippen molar-refractivity contribution in [2.24, 2.45) is 5.10 Å². The molecule has 1 N–H and O–H groups in total. The molecule has 0 spiro atoms. The van der Waals surface area contributed by atoms with E-state index in [1.165, 1.54) is 6.21 Å². The molecule has 0 heterocycles. The van der Waals surface area contributed by atoms with E-state index in [1.807, 2.05) is 0 Å². The Morgan fingerprint density at radius 2 is 1.73 bits per heavy atom. The molecule has 0 saturated carbocycles. The van der Waals surface area contributed by atoms with E-state index in [9.17, 15) is 13.2 Å². The second-order valence-corrected chi connectivity index (χ2v) is 5.40. The normalized spacial score (nSPS) is 11.9. The zero-order valence-electron chi connectivity index (χ0n) is 10.8. The molecule has 0 aliphatic heterocycles. The number of benzene rings is 2. The van der Waals surface area contributed by atoms with Gasteiger partial charge in [-0.15, -0.1) is 0 Å². The molecule has 0 aliphatic carbocycles. The van der Waals surface area contributed by atoms with Gasteiger partial charge in [0.1, 0.15) is 0 Å². The lowest BCUT2D eigenvalue weighted by atomic mass is 10.2. The van der Waals surface area contributed by atoms with Crippen molar-refractivity contribution in [1.29, 1.82) is 0 Å². The van der Waals surface area contributed by atoms with Crippen LogP contribution >= 0.6 is 34.8 Å². The van der Waals surface area contributed by atoms with Gasteiger partial charge in [0, 0.05) is 5.56 Å². The third-order valence-electron chi connectivity index (χ3n) is 2.66. The van der Waals surface area contributed by atoms with Crippen molar-refractivity contribution in [2.45, 2.75) is 6.18 Å². The second kappa shape index (κ2) is 6.77. The number of hydrazone groups is 1. The molecule has 8 heteroatoms. The number of rotatable bonds is 3. The molecule has 116 valence electrons. The molecule has 22 heavy (non-hydrogen) atoms. The minimum atomic E-state index is -4.46. The molecule has 0 amide bonds.